The zero-order valence-electron chi connectivity index (χ0n) is 18.8. The fourth-order valence-electron chi connectivity index (χ4n) is 5.19. The summed E-state index contributed by atoms with van der Waals surface area (Å²) in [6.07, 6.45) is 0.932. The average Bonchev–Trinajstić information content (AvgIpc) is 2.84. The molecule has 0 radical (unpaired) electrons. The number of rotatable bonds is 6. The Morgan fingerprint density at radius 2 is 1.13 bits per heavy atom. The predicted molar refractivity (Wildman–Crippen MR) is 130 cm³/mol. The monoisotopic (exact) mass is 432 g/mol. The molecule has 0 saturated carbocycles. The summed E-state index contributed by atoms with van der Waals surface area (Å²) >= 11 is 0. The third kappa shape index (κ3) is 4.03. The van der Waals surface area contributed by atoms with E-state index >= 15 is 4.57 Å². The van der Waals surface area contributed by atoms with Crippen LogP contribution < -0.4 is 0 Å². The van der Waals surface area contributed by atoms with E-state index in [0.29, 0.717) is 0 Å². The summed E-state index contributed by atoms with van der Waals surface area (Å²) in [5.74, 6) is 0. The number of nitrogens with zero attached hydrogens (tertiary/aromatic N) is 2. The number of benzene rings is 3. The normalized spacial score (nSPS) is 25.9. The van der Waals surface area contributed by atoms with Gasteiger partial charge in [-0.05, 0) is 30.0 Å². The summed E-state index contributed by atoms with van der Waals surface area (Å²) in [6.45, 7) is 7.96. The molecule has 3 unspecified atom stereocenters. The van der Waals surface area contributed by atoms with Gasteiger partial charge in [0.05, 0.1) is 5.66 Å². The van der Waals surface area contributed by atoms with Crippen LogP contribution in [0.15, 0.2) is 91.0 Å². The SMILES string of the molecule is CCN1C(c2ccccc2)CC(c2ccccc2)N(CC)P1(=O)C(C)c1ccccc1. The molecule has 3 atom stereocenters. The van der Waals surface area contributed by atoms with Crippen LogP contribution in [-0.4, -0.2) is 22.4 Å². The summed E-state index contributed by atoms with van der Waals surface area (Å²) in [7, 11) is -2.92. The van der Waals surface area contributed by atoms with Crippen LogP contribution in [0.5, 0.6) is 0 Å². The Labute approximate surface area is 187 Å². The van der Waals surface area contributed by atoms with Crippen LogP contribution in [-0.2, 0) is 4.57 Å². The van der Waals surface area contributed by atoms with Crippen molar-refractivity contribution in [3.63, 3.8) is 0 Å². The van der Waals surface area contributed by atoms with Gasteiger partial charge >= 0.3 is 0 Å². The third-order valence-corrected chi connectivity index (χ3v) is 10.6. The van der Waals surface area contributed by atoms with Gasteiger partial charge in [0, 0.05) is 25.2 Å². The average molecular weight is 433 g/mol. The van der Waals surface area contributed by atoms with E-state index in [-0.39, 0.29) is 17.7 Å². The van der Waals surface area contributed by atoms with Crippen molar-refractivity contribution >= 4 is 7.44 Å². The molecule has 1 aliphatic rings. The zero-order chi connectivity index (χ0) is 21.8. The molecule has 0 bridgehead atoms. The summed E-state index contributed by atoms with van der Waals surface area (Å²) in [4.78, 5) is 0. The molecule has 1 saturated heterocycles. The van der Waals surface area contributed by atoms with Gasteiger partial charge in [-0.2, -0.15) is 0 Å². The molecule has 0 amide bonds. The van der Waals surface area contributed by atoms with Gasteiger partial charge in [-0.3, -0.25) is 4.57 Å². The standard InChI is InChI=1S/C27H33N2OP/c1-4-28-26(24-17-11-7-12-18-24)21-27(25-19-13-8-14-20-25)29(5-2)31(28,30)22(3)23-15-9-6-10-16-23/h6-20,22,26-27H,4-5,21H2,1-3H3. The van der Waals surface area contributed by atoms with Crippen molar-refractivity contribution in [2.24, 2.45) is 0 Å². The van der Waals surface area contributed by atoms with Crippen LogP contribution in [0.4, 0.5) is 0 Å². The first kappa shape index (κ1) is 22.0. The Morgan fingerprint density at radius 3 is 1.52 bits per heavy atom. The van der Waals surface area contributed by atoms with Crippen LogP contribution in [0.25, 0.3) is 0 Å². The Kier molecular flexibility index (Phi) is 6.77. The summed E-state index contributed by atoms with van der Waals surface area (Å²) < 4.78 is 19.9. The van der Waals surface area contributed by atoms with E-state index in [0.717, 1.165) is 25.1 Å². The summed E-state index contributed by atoms with van der Waals surface area (Å²) in [5.41, 5.74) is 3.57. The highest BCUT2D eigenvalue weighted by Gasteiger charge is 2.51. The molecular weight excluding hydrogens is 399 g/mol. The van der Waals surface area contributed by atoms with Gasteiger partial charge in [-0.25, -0.2) is 9.34 Å². The summed E-state index contributed by atoms with van der Waals surface area (Å²) in [6, 6.07) is 31.9. The predicted octanol–water partition coefficient (Wildman–Crippen LogP) is 7.47. The van der Waals surface area contributed by atoms with E-state index in [9.17, 15) is 0 Å². The molecule has 4 heteroatoms. The molecule has 4 rings (SSSR count). The maximum atomic E-state index is 15.3. The quantitative estimate of drug-likeness (QED) is 0.377. The number of hydrogen-bond acceptors (Lipinski definition) is 1. The lowest BCUT2D eigenvalue weighted by Crippen LogP contribution is -2.44. The molecule has 31 heavy (non-hydrogen) atoms. The summed E-state index contributed by atoms with van der Waals surface area (Å²) in [5, 5.41) is 0. The molecule has 162 valence electrons. The third-order valence-electron chi connectivity index (χ3n) is 6.71. The molecule has 1 heterocycles. The van der Waals surface area contributed by atoms with Crippen molar-refractivity contribution in [1.29, 1.82) is 0 Å². The van der Waals surface area contributed by atoms with Gasteiger partial charge in [0.25, 0.3) is 0 Å². The molecule has 1 aliphatic heterocycles. The molecule has 0 aromatic heterocycles. The highest BCUT2D eigenvalue weighted by molar-refractivity contribution is 7.59. The second kappa shape index (κ2) is 9.53. The first-order valence-corrected chi connectivity index (χ1v) is 13.1. The lowest BCUT2D eigenvalue weighted by molar-refractivity contribution is 0.168. The van der Waals surface area contributed by atoms with Gasteiger partial charge < -0.3 is 0 Å². The minimum atomic E-state index is -2.92. The van der Waals surface area contributed by atoms with Gasteiger partial charge in [-0.15, -0.1) is 0 Å². The van der Waals surface area contributed by atoms with Crippen LogP contribution in [0.1, 0.15) is 61.6 Å². The van der Waals surface area contributed by atoms with Crippen molar-refractivity contribution < 1.29 is 4.57 Å². The Balaban J connectivity index is 1.88. The highest BCUT2D eigenvalue weighted by Crippen LogP contribution is 2.72. The lowest BCUT2D eigenvalue weighted by Gasteiger charge is -2.53. The van der Waals surface area contributed by atoms with Crippen LogP contribution in [0.3, 0.4) is 0 Å². The largest absolute Gasteiger partial charge is 0.288 e. The van der Waals surface area contributed by atoms with E-state index in [1.165, 1.54) is 11.1 Å². The molecular formula is C27H33N2OP. The zero-order valence-corrected chi connectivity index (χ0v) is 19.7. The maximum absolute atomic E-state index is 15.3. The Hall–Kier alpha value is -2.19. The van der Waals surface area contributed by atoms with E-state index in [4.69, 9.17) is 0 Å². The van der Waals surface area contributed by atoms with Crippen molar-refractivity contribution in [2.75, 3.05) is 13.1 Å². The van der Waals surface area contributed by atoms with E-state index in [1.54, 1.807) is 0 Å². The fraction of sp³-hybridized carbons (Fsp3) is 0.333. The van der Waals surface area contributed by atoms with E-state index in [1.807, 2.05) is 6.07 Å². The maximum Gasteiger partial charge on any atom is 0.224 e. The van der Waals surface area contributed by atoms with Crippen molar-refractivity contribution in [3.8, 4) is 0 Å². The van der Waals surface area contributed by atoms with Gasteiger partial charge in [0.2, 0.25) is 7.44 Å². The second-order valence-electron chi connectivity index (χ2n) is 8.28. The molecule has 0 N–H and O–H groups in total. The topological polar surface area (TPSA) is 23.6 Å². The van der Waals surface area contributed by atoms with Crippen molar-refractivity contribution in [1.82, 2.24) is 9.34 Å². The molecule has 3 aromatic carbocycles. The Bertz CT molecular complexity index is 952. The van der Waals surface area contributed by atoms with Crippen molar-refractivity contribution in [2.45, 2.75) is 44.9 Å². The van der Waals surface area contributed by atoms with Gasteiger partial charge in [0.1, 0.15) is 0 Å². The van der Waals surface area contributed by atoms with Crippen LogP contribution in [0, 0.1) is 0 Å². The molecule has 1 fully saturated rings. The van der Waals surface area contributed by atoms with Crippen molar-refractivity contribution in [3.05, 3.63) is 108 Å². The van der Waals surface area contributed by atoms with E-state index in [2.05, 4.69) is 115 Å². The van der Waals surface area contributed by atoms with Gasteiger partial charge in [-0.1, -0.05) is 105 Å². The van der Waals surface area contributed by atoms with Crippen LogP contribution in [0.2, 0.25) is 0 Å². The first-order valence-electron chi connectivity index (χ1n) is 11.4. The van der Waals surface area contributed by atoms with Gasteiger partial charge in [0.15, 0.2) is 0 Å². The number of hydrogen-bond donors (Lipinski definition) is 0. The Morgan fingerprint density at radius 1 is 0.742 bits per heavy atom. The minimum absolute atomic E-state index is 0.0775. The smallest absolute Gasteiger partial charge is 0.224 e. The first-order chi connectivity index (χ1) is 15.1. The lowest BCUT2D eigenvalue weighted by atomic mass is 9.94. The molecule has 0 aliphatic carbocycles. The molecule has 3 nitrogen and oxygen atoms in total. The van der Waals surface area contributed by atoms with E-state index < -0.39 is 7.44 Å². The fourth-order valence-corrected chi connectivity index (χ4v) is 9.00. The molecule has 0 spiro atoms. The molecule has 3 aromatic rings. The highest BCUT2D eigenvalue weighted by atomic mass is 31.2. The second-order valence-corrected chi connectivity index (χ2v) is 11.3. The minimum Gasteiger partial charge on any atom is -0.288 e. The van der Waals surface area contributed by atoms with Crippen LogP contribution >= 0.6 is 7.44 Å².